The number of nitrogens with two attached hydrogens (primary N) is 1. The smallest absolute Gasteiger partial charge is 0.262 e. The van der Waals surface area contributed by atoms with Crippen LogP contribution in [0.4, 0.5) is 5.69 Å². The maximum absolute atomic E-state index is 12.6. The van der Waals surface area contributed by atoms with Crippen molar-refractivity contribution >= 4 is 15.7 Å². The number of aromatic nitrogens is 1. The summed E-state index contributed by atoms with van der Waals surface area (Å²) in [5.74, 6) is 0. The van der Waals surface area contributed by atoms with Crippen molar-refractivity contribution in [2.75, 3.05) is 12.3 Å². The fraction of sp³-hybridized carbons (Fsp3) is 0.615. The number of hydrogen-bond donors (Lipinski definition) is 1. The lowest BCUT2D eigenvalue weighted by Gasteiger charge is -2.25. The van der Waals surface area contributed by atoms with Crippen LogP contribution >= 0.6 is 0 Å². The Balaban J connectivity index is 3.03. The van der Waals surface area contributed by atoms with Crippen molar-refractivity contribution in [2.45, 2.75) is 51.1 Å². The molecule has 1 rings (SSSR count). The van der Waals surface area contributed by atoms with Gasteiger partial charge in [-0.15, -0.1) is 0 Å². The number of hydrogen-bond acceptors (Lipinski definition) is 4. The summed E-state index contributed by atoms with van der Waals surface area (Å²) in [5, 5.41) is -0.0415. The van der Waals surface area contributed by atoms with Gasteiger partial charge in [-0.1, -0.05) is 19.8 Å². The summed E-state index contributed by atoms with van der Waals surface area (Å²) in [4.78, 5) is 3.93. The molecule has 0 amide bonds. The average molecular weight is 285 g/mol. The summed E-state index contributed by atoms with van der Waals surface area (Å²) in [6.45, 7) is 6.32. The second-order valence-electron chi connectivity index (χ2n) is 4.81. The minimum Gasteiger partial charge on any atom is -0.396 e. The van der Waals surface area contributed by atoms with Crippen molar-refractivity contribution in [2.24, 2.45) is 0 Å². The van der Waals surface area contributed by atoms with Crippen LogP contribution in [0.5, 0.6) is 0 Å². The van der Waals surface area contributed by atoms with Gasteiger partial charge in [0, 0.05) is 18.8 Å². The SMILES string of the molecule is CCCCCN(C(C)C)S(=O)(=O)c1ncccc1N. The Bertz CT molecular complexity index is 500. The first-order valence-corrected chi connectivity index (χ1v) is 8.07. The third kappa shape index (κ3) is 3.91. The van der Waals surface area contributed by atoms with Crippen LogP contribution < -0.4 is 5.73 Å². The molecule has 0 fully saturated rings. The average Bonchev–Trinajstić information content (AvgIpc) is 2.34. The predicted molar refractivity (Wildman–Crippen MR) is 77.2 cm³/mol. The molecule has 6 heteroatoms. The minimum absolute atomic E-state index is 0.0415. The van der Waals surface area contributed by atoms with Crippen molar-refractivity contribution in [3.05, 3.63) is 18.3 Å². The number of pyridine rings is 1. The summed E-state index contributed by atoms with van der Waals surface area (Å²) in [5.41, 5.74) is 5.93. The highest BCUT2D eigenvalue weighted by molar-refractivity contribution is 7.89. The van der Waals surface area contributed by atoms with Gasteiger partial charge in [0.2, 0.25) is 0 Å². The molecule has 5 nitrogen and oxygen atoms in total. The van der Waals surface area contributed by atoms with Crippen molar-refractivity contribution < 1.29 is 8.42 Å². The molecule has 0 saturated carbocycles. The zero-order chi connectivity index (χ0) is 14.5. The second-order valence-corrected chi connectivity index (χ2v) is 6.62. The minimum atomic E-state index is -3.61. The van der Waals surface area contributed by atoms with Gasteiger partial charge in [0.25, 0.3) is 10.0 Å². The normalized spacial score (nSPS) is 12.3. The van der Waals surface area contributed by atoms with Crippen LogP contribution in [-0.2, 0) is 10.0 Å². The molecule has 0 bridgehead atoms. The molecule has 1 aromatic rings. The molecule has 1 aromatic heterocycles. The number of anilines is 1. The van der Waals surface area contributed by atoms with E-state index in [-0.39, 0.29) is 16.8 Å². The number of rotatable bonds is 7. The summed E-state index contributed by atoms with van der Waals surface area (Å²) in [6.07, 6.45) is 4.36. The van der Waals surface area contributed by atoms with E-state index in [9.17, 15) is 8.42 Å². The van der Waals surface area contributed by atoms with Crippen LogP contribution in [-0.4, -0.2) is 30.3 Å². The van der Waals surface area contributed by atoms with Gasteiger partial charge in [-0.3, -0.25) is 0 Å². The predicted octanol–water partition coefficient (Wildman–Crippen LogP) is 2.25. The Labute approximate surface area is 115 Å². The third-order valence-corrected chi connectivity index (χ3v) is 4.96. The van der Waals surface area contributed by atoms with Crippen LogP contribution in [0, 0.1) is 0 Å². The maximum atomic E-state index is 12.6. The lowest BCUT2D eigenvalue weighted by molar-refractivity contribution is 0.344. The van der Waals surface area contributed by atoms with Crippen LogP contribution in [0.25, 0.3) is 0 Å². The molecule has 0 saturated heterocycles. The molecule has 108 valence electrons. The molecule has 0 aliphatic carbocycles. The van der Waals surface area contributed by atoms with Gasteiger partial charge in [0.1, 0.15) is 0 Å². The number of sulfonamides is 1. The lowest BCUT2D eigenvalue weighted by Crippen LogP contribution is -2.38. The second kappa shape index (κ2) is 6.86. The number of nitrogen functional groups attached to an aromatic ring is 1. The first-order valence-electron chi connectivity index (χ1n) is 6.63. The van der Waals surface area contributed by atoms with Gasteiger partial charge < -0.3 is 5.73 Å². The molecule has 0 radical (unpaired) electrons. The highest BCUT2D eigenvalue weighted by atomic mass is 32.2. The highest BCUT2D eigenvalue weighted by Crippen LogP contribution is 2.21. The number of unbranched alkanes of at least 4 members (excludes halogenated alkanes) is 2. The first-order chi connectivity index (χ1) is 8.91. The Morgan fingerprint density at radius 1 is 1.37 bits per heavy atom. The van der Waals surface area contributed by atoms with Gasteiger partial charge >= 0.3 is 0 Å². The quantitative estimate of drug-likeness (QED) is 0.780. The third-order valence-electron chi connectivity index (χ3n) is 2.91. The lowest BCUT2D eigenvalue weighted by atomic mass is 10.2. The molecule has 0 spiro atoms. The van der Waals surface area contributed by atoms with Gasteiger partial charge in [0.15, 0.2) is 5.03 Å². The number of nitrogens with zero attached hydrogens (tertiary/aromatic N) is 2. The molecule has 0 aliphatic heterocycles. The van der Waals surface area contributed by atoms with E-state index in [0.717, 1.165) is 19.3 Å². The van der Waals surface area contributed by atoms with E-state index >= 15 is 0 Å². The monoisotopic (exact) mass is 285 g/mol. The molecule has 2 N–H and O–H groups in total. The zero-order valence-corrected chi connectivity index (χ0v) is 12.7. The van der Waals surface area contributed by atoms with E-state index in [1.165, 1.54) is 10.5 Å². The van der Waals surface area contributed by atoms with E-state index in [1.807, 2.05) is 13.8 Å². The summed E-state index contributed by atoms with van der Waals surface area (Å²) < 4.78 is 26.6. The zero-order valence-electron chi connectivity index (χ0n) is 11.8. The largest absolute Gasteiger partial charge is 0.396 e. The van der Waals surface area contributed by atoms with Gasteiger partial charge in [-0.25, -0.2) is 13.4 Å². The standard InChI is InChI=1S/C13H23N3O2S/c1-4-5-6-10-16(11(2)3)19(17,18)13-12(14)8-7-9-15-13/h7-9,11H,4-6,10,14H2,1-3H3. The van der Waals surface area contributed by atoms with E-state index in [1.54, 1.807) is 12.1 Å². The molecular formula is C13H23N3O2S. The van der Waals surface area contributed by atoms with Crippen LogP contribution in [0.3, 0.4) is 0 Å². The van der Waals surface area contributed by atoms with Gasteiger partial charge in [-0.05, 0) is 32.4 Å². The van der Waals surface area contributed by atoms with Gasteiger partial charge in [-0.2, -0.15) is 4.31 Å². The van der Waals surface area contributed by atoms with Gasteiger partial charge in [0.05, 0.1) is 5.69 Å². The van der Waals surface area contributed by atoms with Crippen molar-refractivity contribution in [1.82, 2.24) is 9.29 Å². The van der Waals surface area contributed by atoms with E-state index in [4.69, 9.17) is 5.73 Å². The fourth-order valence-electron chi connectivity index (χ4n) is 1.90. The van der Waals surface area contributed by atoms with E-state index < -0.39 is 10.0 Å². The molecule has 0 aromatic carbocycles. The molecule has 0 atom stereocenters. The van der Waals surface area contributed by atoms with Crippen LogP contribution in [0.1, 0.15) is 40.0 Å². The molecular weight excluding hydrogens is 262 g/mol. The van der Waals surface area contributed by atoms with Crippen molar-refractivity contribution in [3.63, 3.8) is 0 Å². The summed E-state index contributed by atoms with van der Waals surface area (Å²) in [7, 11) is -3.61. The molecule has 0 unspecified atom stereocenters. The van der Waals surface area contributed by atoms with E-state index in [0.29, 0.717) is 6.54 Å². The Morgan fingerprint density at radius 3 is 2.58 bits per heavy atom. The molecule has 0 aliphatic rings. The first kappa shape index (κ1) is 15.9. The highest BCUT2D eigenvalue weighted by Gasteiger charge is 2.29. The van der Waals surface area contributed by atoms with E-state index in [2.05, 4.69) is 11.9 Å². The van der Waals surface area contributed by atoms with Crippen molar-refractivity contribution in [3.8, 4) is 0 Å². The fourth-order valence-corrected chi connectivity index (χ4v) is 3.61. The Morgan fingerprint density at radius 2 is 2.05 bits per heavy atom. The Kier molecular flexibility index (Phi) is 5.75. The Hall–Kier alpha value is -1.14. The molecule has 19 heavy (non-hydrogen) atoms. The maximum Gasteiger partial charge on any atom is 0.262 e. The topological polar surface area (TPSA) is 76.3 Å². The molecule has 1 heterocycles. The van der Waals surface area contributed by atoms with Crippen molar-refractivity contribution in [1.29, 1.82) is 0 Å². The summed E-state index contributed by atoms with van der Waals surface area (Å²) >= 11 is 0. The van der Waals surface area contributed by atoms with Crippen LogP contribution in [0.15, 0.2) is 23.4 Å². The van der Waals surface area contributed by atoms with Crippen LogP contribution in [0.2, 0.25) is 0 Å². The summed E-state index contributed by atoms with van der Waals surface area (Å²) in [6, 6.07) is 3.08.